The second-order valence-corrected chi connectivity index (χ2v) is 3.90. The number of hydrogen-bond donors (Lipinski definition) is 0. The highest BCUT2D eigenvalue weighted by Gasteiger charge is 2.13. The van der Waals surface area contributed by atoms with Crippen LogP contribution in [0.2, 0.25) is 0 Å². The molecule has 0 aliphatic carbocycles. The largest absolute Gasteiger partial charge is 0.343 e. The maximum absolute atomic E-state index is 11.5. The summed E-state index contributed by atoms with van der Waals surface area (Å²) >= 11 is 0. The van der Waals surface area contributed by atoms with Crippen molar-refractivity contribution < 1.29 is 4.79 Å². The van der Waals surface area contributed by atoms with Gasteiger partial charge in [0, 0.05) is 19.5 Å². The van der Waals surface area contributed by atoms with Crippen molar-refractivity contribution in [2.45, 2.75) is 32.7 Å². The number of hydrogen-bond acceptors (Lipinski definition) is 1. The minimum Gasteiger partial charge on any atom is -0.343 e. The van der Waals surface area contributed by atoms with E-state index < -0.39 is 0 Å². The predicted molar refractivity (Wildman–Crippen MR) is 69.9 cm³/mol. The zero-order chi connectivity index (χ0) is 11.3. The lowest BCUT2D eigenvalue weighted by Crippen LogP contribution is -2.35. The summed E-state index contributed by atoms with van der Waals surface area (Å²) in [6, 6.07) is 10.5. The summed E-state index contributed by atoms with van der Waals surface area (Å²) in [6.07, 6.45) is 1.50. The molecular weight excluding hydrogens is 222 g/mol. The number of rotatable bonds is 4. The minimum atomic E-state index is 0. The van der Waals surface area contributed by atoms with Crippen LogP contribution >= 0.6 is 12.4 Å². The second-order valence-electron chi connectivity index (χ2n) is 3.90. The minimum absolute atomic E-state index is 0. The van der Waals surface area contributed by atoms with Gasteiger partial charge in [-0.2, -0.15) is 0 Å². The topological polar surface area (TPSA) is 20.3 Å². The van der Waals surface area contributed by atoms with Crippen LogP contribution in [0.25, 0.3) is 0 Å². The summed E-state index contributed by atoms with van der Waals surface area (Å²) in [7, 11) is 1.87. The van der Waals surface area contributed by atoms with E-state index >= 15 is 0 Å². The van der Waals surface area contributed by atoms with Gasteiger partial charge in [-0.1, -0.05) is 37.3 Å². The number of carbonyl (C=O) groups excluding carboxylic acids is 1. The molecule has 16 heavy (non-hydrogen) atoms. The molecule has 3 heteroatoms. The lowest BCUT2D eigenvalue weighted by molar-refractivity contribution is -0.131. The van der Waals surface area contributed by atoms with E-state index in [1.54, 1.807) is 0 Å². The summed E-state index contributed by atoms with van der Waals surface area (Å²) in [4.78, 5) is 13.3. The van der Waals surface area contributed by atoms with Crippen molar-refractivity contribution in [1.29, 1.82) is 0 Å². The van der Waals surface area contributed by atoms with Crippen LogP contribution in [0, 0.1) is 0 Å². The first-order valence-electron chi connectivity index (χ1n) is 5.44. The highest BCUT2D eigenvalue weighted by Crippen LogP contribution is 2.08. The van der Waals surface area contributed by atoms with Gasteiger partial charge in [-0.15, -0.1) is 12.4 Å². The van der Waals surface area contributed by atoms with Crippen molar-refractivity contribution >= 4 is 18.3 Å². The van der Waals surface area contributed by atoms with E-state index in [2.05, 4.69) is 19.1 Å². The SMILES string of the molecule is CCC(=O)N(C)C(C)Cc1ccccc1.Cl. The molecule has 0 saturated carbocycles. The van der Waals surface area contributed by atoms with Gasteiger partial charge in [-0.3, -0.25) is 4.79 Å². The normalized spacial score (nSPS) is 11.4. The molecule has 90 valence electrons. The summed E-state index contributed by atoms with van der Waals surface area (Å²) < 4.78 is 0. The first kappa shape index (κ1) is 15.0. The first-order valence-corrected chi connectivity index (χ1v) is 5.44. The lowest BCUT2D eigenvalue weighted by Gasteiger charge is -2.24. The molecule has 0 aliphatic heterocycles. The standard InChI is InChI=1S/C13H19NO.ClH/c1-4-13(15)14(3)11(2)10-12-8-6-5-7-9-12;/h5-9,11H,4,10H2,1-3H3;1H. The Kier molecular flexibility index (Phi) is 6.82. The van der Waals surface area contributed by atoms with Gasteiger partial charge < -0.3 is 4.90 Å². The van der Waals surface area contributed by atoms with E-state index in [1.165, 1.54) is 5.56 Å². The first-order chi connectivity index (χ1) is 7.15. The van der Waals surface area contributed by atoms with E-state index in [0.717, 1.165) is 6.42 Å². The third-order valence-corrected chi connectivity index (χ3v) is 2.73. The van der Waals surface area contributed by atoms with E-state index in [0.29, 0.717) is 6.42 Å². The number of nitrogens with zero attached hydrogens (tertiary/aromatic N) is 1. The highest BCUT2D eigenvalue weighted by atomic mass is 35.5. The Labute approximate surface area is 104 Å². The lowest BCUT2D eigenvalue weighted by atomic mass is 10.1. The molecule has 0 aromatic heterocycles. The molecule has 0 radical (unpaired) electrons. The molecular formula is C13H20ClNO. The van der Waals surface area contributed by atoms with Crippen LogP contribution in [0.15, 0.2) is 30.3 Å². The number of likely N-dealkylation sites (N-methyl/N-ethyl adjacent to an activating group) is 1. The third-order valence-electron chi connectivity index (χ3n) is 2.73. The van der Waals surface area contributed by atoms with Gasteiger partial charge >= 0.3 is 0 Å². The van der Waals surface area contributed by atoms with Gasteiger partial charge in [-0.25, -0.2) is 0 Å². The second kappa shape index (κ2) is 7.29. The fraction of sp³-hybridized carbons (Fsp3) is 0.462. The smallest absolute Gasteiger partial charge is 0.222 e. The zero-order valence-electron chi connectivity index (χ0n) is 10.1. The van der Waals surface area contributed by atoms with E-state index in [9.17, 15) is 4.79 Å². The monoisotopic (exact) mass is 241 g/mol. The van der Waals surface area contributed by atoms with E-state index in [4.69, 9.17) is 0 Å². The number of benzene rings is 1. The van der Waals surface area contributed by atoms with Gasteiger partial charge in [0.05, 0.1) is 0 Å². The Balaban J connectivity index is 0.00000225. The van der Waals surface area contributed by atoms with Gasteiger partial charge in [0.1, 0.15) is 0 Å². The van der Waals surface area contributed by atoms with Crippen LogP contribution in [0.4, 0.5) is 0 Å². The molecule has 0 fully saturated rings. The molecule has 1 aromatic carbocycles. The molecule has 1 rings (SSSR count). The van der Waals surface area contributed by atoms with Gasteiger partial charge in [0.2, 0.25) is 5.91 Å². The Morgan fingerprint density at radius 3 is 2.38 bits per heavy atom. The molecule has 1 unspecified atom stereocenters. The molecule has 0 bridgehead atoms. The van der Waals surface area contributed by atoms with Crippen molar-refractivity contribution in [3.63, 3.8) is 0 Å². The predicted octanol–water partition coefficient (Wildman–Crippen LogP) is 2.91. The Bertz CT molecular complexity index is 313. The maximum atomic E-state index is 11.5. The molecule has 1 atom stereocenters. The highest BCUT2D eigenvalue weighted by molar-refractivity contribution is 5.85. The van der Waals surface area contributed by atoms with Crippen molar-refractivity contribution in [1.82, 2.24) is 4.90 Å². The average Bonchev–Trinajstić information content (AvgIpc) is 2.28. The molecule has 1 amide bonds. The zero-order valence-corrected chi connectivity index (χ0v) is 11.0. The summed E-state index contributed by atoms with van der Waals surface area (Å²) in [6.45, 7) is 3.98. The van der Waals surface area contributed by atoms with Crippen molar-refractivity contribution in [2.24, 2.45) is 0 Å². The molecule has 0 saturated heterocycles. The number of halogens is 1. The third kappa shape index (κ3) is 4.23. The van der Waals surface area contributed by atoms with E-state index in [-0.39, 0.29) is 24.4 Å². The van der Waals surface area contributed by atoms with E-state index in [1.807, 2.05) is 37.1 Å². The fourth-order valence-electron chi connectivity index (χ4n) is 1.59. The van der Waals surface area contributed by atoms with Crippen LogP contribution in [-0.4, -0.2) is 23.9 Å². The van der Waals surface area contributed by atoms with Crippen molar-refractivity contribution in [3.8, 4) is 0 Å². The van der Waals surface area contributed by atoms with Gasteiger partial charge in [0.25, 0.3) is 0 Å². The molecule has 0 aliphatic rings. The molecule has 0 heterocycles. The summed E-state index contributed by atoms with van der Waals surface area (Å²) in [5.41, 5.74) is 1.28. The summed E-state index contributed by atoms with van der Waals surface area (Å²) in [5.74, 6) is 0.207. The quantitative estimate of drug-likeness (QED) is 0.794. The van der Waals surface area contributed by atoms with Crippen molar-refractivity contribution in [2.75, 3.05) is 7.05 Å². The molecule has 2 nitrogen and oxygen atoms in total. The van der Waals surface area contributed by atoms with Crippen LogP contribution in [0.3, 0.4) is 0 Å². The van der Waals surface area contributed by atoms with Crippen LogP contribution < -0.4 is 0 Å². The average molecular weight is 242 g/mol. The number of carbonyl (C=O) groups is 1. The maximum Gasteiger partial charge on any atom is 0.222 e. The summed E-state index contributed by atoms with van der Waals surface area (Å²) in [5, 5.41) is 0. The Morgan fingerprint density at radius 2 is 1.88 bits per heavy atom. The van der Waals surface area contributed by atoms with Crippen LogP contribution in [0.5, 0.6) is 0 Å². The Morgan fingerprint density at radius 1 is 1.31 bits per heavy atom. The molecule has 0 spiro atoms. The molecule has 0 N–H and O–H groups in total. The van der Waals surface area contributed by atoms with Crippen LogP contribution in [-0.2, 0) is 11.2 Å². The Hall–Kier alpha value is -1.02. The van der Waals surface area contributed by atoms with Gasteiger partial charge in [-0.05, 0) is 18.9 Å². The van der Waals surface area contributed by atoms with Gasteiger partial charge in [0.15, 0.2) is 0 Å². The fourth-order valence-corrected chi connectivity index (χ4v) is 1.59. The van der Waals surface area contributed by atoms with Crippen molar-refractivity contribution in [3.05, 3.63) is 35.9 Å². The molecule has 1 aromatic rings. The number of amides is 1. The van der Waals surface area contributed by atoms with Crippen LogP contribution in [0.1, 0.15) is 25.8 Å².